The summed E-state index contributed by atoms with van der Waals surface area (Å²) in [5.41, 5.74) is 0. The Morgan fingerprint density at radius 3 is 2.65 bits per heavy atom. The van der Waals surface area contributed by atoms with Crippen molar-refractivity contribution in [3.8, 4) is 0 Å². The van der Waals surface area contributed by atoms with E-state index in [1.807, 2.05) is 0 Å². The highest BCUT2D eigenvalue weighted by molar-refractivity contribution is 7.85. The molecule has 2 rings (SSSR count). The molecular weight excluding hydrogens is 290 g/mol. The van der Waals surface area contributed by atoms with Gasteiger partial charge in [-0.05, 0) is 13.8 Å². The molecule has 2 heterocycles. The fourth-order valence-electron chi connectivity index (χ4n) is 1.95. The summed E-state index contributed by atoms with van der Waals surface area (Å²) in [6, 6.07) is 0. The molecular formula is C11H19NO7S. The zero-order valence-corrected chi connectivity index (χ0v) is 12.4. The van der Waals surface area contributed by atoms with Crippen molar-refractivity contribution in [1.82, 2.24) is 5.32 Å². The molecule has 5 atom stereocenters. The van der Waals surface area contributed by atoms with Gasteiger partial charge in [-0.25, -0.2) is 0 Å². The molecule has 20 heavy (non-hydrogen) atoms. The molecule has 0 spiro atoms. The van der Waals surface area contributed by atoms with Crippen molar-refractivity contribution in [2.45, 2.75) is 38.6 Å². The van der Waals surface area contributed by atoms with Crippen LogP contribution in [0.4, 0.5) is 0 Å². The number of β-lactam (4-membered cyclic amide) rings is 1. The summed E-state index contributed by atoms with van der Waals surface area (Å²) < 4.78 is 43.3. The Labute approximate surface area is 117 Å². The SMILES string of the molecule is C[C@@H]1OC[C@@H](O[C@H]2NC(=O)[C@H]2C)[C@H](COS(C)(=O)=O)O1. The molecule has 2 aliphatic rings. The van der Waals surface area contributed by atoms with Crippen LogP contribution in [0.2, 0.25) is 0 Å². The van der Waals surface area contributed by atoms with Crippen LogP contribution in [0.15, 0.2) is 0 Å². The zero-order chi connectivity index (χ0) is 14.9. The third-order valence-electron chi connectivity index (χ3n) is 3.20. The van der Waals surface area contributed by atoms with Crippen molar-refractivity contribution in [2.24, 2.45) is 5.92 Å². The molecule has 2 fully saturated rings. The van der Waals surface area contributed by atoms with E-state index in [1.165, 1.54) is 0 Å². The van der Waals surface area contributed by atoms with Gasteiger partial charge in [0, 0.05) is 0 Å². The standard InChI is InChI=1S/C11H19NO7S/c1-6-10(13)12-11(6)19-8-4-16-7(2)18-9(8)5-17-20(3,14)15/h6-9,11H,4-5H2,1-3H3,(H,12,13)/t6-,7-,8-,9+,11-/m1/s1. The Morgan fingerprint density at radius 2 is 2.10 bits per heavy atom. The Kier molecular flexibility index (Phi) is 4.65. The first-order chi connectivity index (χ1) is 9.26. The minimum Gasteiger partial charge on any atom is -0.350 e. The first-order valence-electron chi connectivity index (χ1n) is 6.33. The van der Waals surface area contributed by atoms with E-state index in [1.54, 1.807) is 13.8 Å². The first kappa shape index (κ1) is 15.6. The normalized spacial score (nSPS) is 38.1. The molecule has 0 bridgehead atoms. The van der Waals surface area contributed by atoms with E-state index in [4.69, 9.17) is 18.4 Å². The van der Waals surface area contributed by atoms with Gasteiger partial charge in [-0.3, -0.25) is 8.98 Å². The summed E-state index contributed by atoms with van der Waals surface area (Å²) in [7, 11) is -3.55. The van der Waals surface area contributed by atoms with Crippen LogP contribution in [0.25, 0.3) is 0 Å². The molecule has 0 radical (unpaired) electrons. The quantitative estimate of drug-likeness (QED) is 0.524. The molecule has 2 aliphatic heterocycles. The topological polar surface area (TPSA) is 100 Å². The minimum absolute atomic E-state index is 0.0787. The maximum absolute atomic E-state index is 11.1. The molecule has 0 aromatic carbocycles. The average molecular weight is 309 g/mol. The fraction of sp³-hybridized carbons (Fsp3) is 0.909. The highest BCUT2D eigenvalue weighted by Gasteiger charge is 2.41. The van der Waals surface area contributed by atoms with E-state index >= 15 is 0 Å². The second kappa shape index (κ2) is 5.94. The zero-order valence-electron chi connectivity index (χ0n) is 11.6. The van der Waals surface area contributed by atoms with Crippen LogP contribution in [0, 0.1) is 5.92 Å². The lowest BCUT2D eigenvalue weighted by molar-refractivity contribution is -0.274. The molecule has 0 aromatic heterocycles. The number of amides is 1. The smallest absolute Gasteiger partial charge is 0.264 e. The lowest BCUT2D eigenvalue weighted by atomic mass is 10.0. The van der Waals surface area contributed by atoms with Crippen LogP contribution in [0.1, 0.15) is 13.8 Å². The first-order valence-corrected chi connectivity index (χ1v) is 8.15. The Bertz CT molecular complexity index is 465. The van der Waals surface area contributed by atoms with Crippen molar-refractivity contribution in [3.63, 3.8) is 0 Å². The largest absolute Gasteiger partial charge is 0.350 e. The Morgan fingerprint density at radius 1 is 1.40 bits per heavy atom. The van der Waals surface area contributed by atoms with Gasteiger partial charge in [-0.15, -0.1) is 0 Å². The number of hydrogen-bond donors (Lipinski definition) is 1. The van der Waals surface area contributed by atoms with Gasteiger partial charge in [-0.2, -0.15) is 8.42 Å². The third-order valence-corrected chi connectivity index (χ3v) is 3.76. The molecule has 9 heteroatoms. The molecule has 0 saturated carbocycles. The molecule has 1 N–H and O–H groups in total. The molecule has 0 aromatic rings. The van der Waals surface area contributed by atoms with Gasteiger partial charge in [0.25, 0.3) is 10.1 Å². The van der Waals surface area contributed by atoms with Crippen molar-refractivity contribution in [3.05, 3.63) is 0 Å². The van der Waals surface area contributed by atoms with Crippen LogP contribution < -0.4 is 5.32 Å². The van der Waals surface area contributed by atoms with Crippen LogP contribution in [0.5, 0.6) is 0 Å². The summed E-state index contributed by atoms with van der Waals surface area (Å²) in [5, 5.41) is 2.61. The lowest BCUT2D eigenvalue weighted by Gasteiger charge is -2.41. The molecule has 0 unspecified atom stereocenters. The van der Waals surface area contributed by atoms with Gasteiger partial charge in [0.2, 0.25) is 5.91 Å². The molecule has 1 amide bonds. The number of carbonyl (C=O) groups excluding carboxylic acids is 1. The Hall–Kier alpha value is -0.740. The van der Waals surface area contributed by atoms with Gasteiger partial charge in [0.15, 0.2) is 6.29 Å². The van der Waals surface area contributed by atoms with Crippen molar-refractivity contribution >= 4 is 16.0 Å². The van der Waals surface area contributed by atoms with E-state index in [9.17, 15) is 13.2 Å². The number of hydrogen-bond acceptors (Lipinski definition) is 7. The minimum atomic E-state index is -3.55. The van der Waals surface area contributed by atoms with Crippen LogP contribution in [-0.4, -0.2) is 58.5 Å². The van der Waals surface area contributed by atoms with E-state index in [-0.39, 0.29) is 25.0 Å². The second-order valence-electron chi connectivity index (χ2n) is 4.96. The average Bonchev–Trinajstić information content (AvgIpc) is 2.37. The molecule has 0 aliphatic carbocycles. The summed E-state index contributed by atoms with van der Waals surface area (Å²) in [4.78, 5) is 11.1. The van der Waals surface area contributed by atoms with E-state index in [2.05, 4.69) is 5.32 Å². The number of carbonyl (C=O) groups is 1. The summed E-state index contributed by atoms with van der Waals surface area (Å²) in [6.45, 7) is 3.56. The number of rotatable bonds is 5. The maximum Gasteiger partial charge on any atom is 0.264 e. The van der Waals surface area contributed by atoms with Gasteiger partial charge >= 0.3 is 0 Å². The van der Waals surface area contributed by atoms with Crippen LogP contribution >= 0.6 is 0 Å². The Balaban J connectivity index is 1.92. The monoisotopic (exact) mass is 309 g/mol. The number of nitrogens with one attached hydrogen (secondary N) is 1. The molecule has 116 valence electrons. The van der Waals surface area contributed by atoms with Gasteiger partial charge in [-0.1, -0.05) is 0 Å². The van der Waals surface area contributed by atoms with E-state index < -0.39 is 34.8 Å². The van der Waals surface area contributed by atoms with Crippen molar-refractivity contribution in [2.75, 3.05) is 19.5 Å². The highest BCUT2D eigenvalue weighted by atomic mass is 32.2. The summed E-state index contributed by atoms with van der Waals surface area (Å²) in [6.07, 6.45) is -0.968. The second-order valence-corrected chi connectivity index (χ2v) is 6.60. The van der Waals surface area contributed by atoms with Gasteiger partial charge < -0.3 is 19.5 Å². The van der Waals surface area contributed by atoms with Crippen LogP contribution in [0.3, 0.4) is 0 Å². The van der Waals surface area contributed by atoms with E-state index in [0.29, 0.717) is 0 Å². The third kappa shape index (κ3) is 3.89. The maximum atomic E-state index is 11.1. The van der Waals surface area contributed by atoms with Gasteiger partial charge in [0.05, 0.1) is 25.4 Å². The molecule has 2 saturated heterocycles. The lowest BCUT2D eigenvalue weighted by Crippen LogP contribution is -2.61. The predicted octanol–water partition coefficient (Wildman–Crippen LogP) is -0.799. The number of ether oxygens (including phenoxy) is 3. The molecule has 8 nitrogen and oxygen atoms in total. The predicted molar refractivity (Wildman–Crippen MR) is 67.1 cm³/mol. The summed E-state index contributed by atoms with van der Waals surface area (Å²) >= 11 is 0. The van der Waals surface area contributed by atoms with E-state index in [0.717, 1.165) is 6.26 Å². The van der Waals surface area contributed by atoms with Crippen LogP contribution in [-0.2, 0) is 33.3 Å². The fourth-order valence-corrected chi connectivity index (χ4v) is 2.33. The van der Waals surface area contributed by atoms with Gasteiger partial charge in [0.1, 0.15) is 18.4 Å². The highest BCUT2D eigenvalue weighted by Crippen LogP contribution is 2.23. The van der Waals surface area contributed by atoms with Crippen molar-refractivity contribution < 1.29 is 31.6 Å². The van der Waals surface area contributed by atoms with Crippen molar-refractivity contribution in [1.29, 1.82) is 0 Å². The summed E-state index contributed by atoms with van der Waals surface area (Å²) in [5.74, 6) is -0.323.